The van der Waals surface area contributed by atoms with E-state index in [9.17, 15) is 19.6 Å². The number of nitrogens with one attached hydrogen (secondary N) is 3. The molecule has 5 aromatic rings. The zero-order valence-electron chi connectivity index (χ0n) is 36.3. The maximum Gasteiger partial charge on any atom is 0.329 e. The molecule has 0 aliphatic carbocycles. The Morgan fingerprint density at radius 1 is 0.984 bits per heavy atom. The molecule has 3 saturated heterocycles. The van der Waals surface area contributed by atoms with E-state index in [0.717, 1.165) is 91.3 Å². The minimum atomic E-state index is -0.689. The van der Waals surface area contributed by atoms with Crippen LogP contribution in [0, 0.1) is 11.3 Å². The molecule has 63 heavy (non-hydrogen) atoms. The summed E-state index contributed by atoms with van der Waals surface area (Å²) in [6.45, 7) is 13.1. The molecule has 0 bridgehead atoms. The van der Waals surface area contributed by atoms with Crippen LogP contribution in [0.15, 0.2) is 71.7 Å². The molecule has 1 unspecified atom stereocenters. The minimum Gasteiger partial charge on any atom is -0.491 e. The summed E-state index contributed by atoms with van der Waals surface area (Å²) < 4.78 is 14.9. The van der Waals surface area contributed by atoms with E-state index in [1.54, 1.807) is 22.4 Å². The smallest absolute Gasteiger partial charge is 0.329 e. The van der Waals surface area contributed by atoms with Crippen molar-refractivity contribution >= 4 is 40.4 Å². The molecule has 3 aliphatic rings. The molecule has 3 aromatic carbocycles. The van der Waals surface area contributed by atoms with Crippen LogP contribution < -0.4 is 31.1 Å². The number of piperidine rings is 2. The third kappa shape index (κ3) is 9.45. The Kier molecular flexibility index (Phi) is 13.2. The normalized spacial score (nSPS) is 17.9. The van der Waals surface area contributed by atoms with Gasteiger partial charge in [0.15, 0.2) is 5.75 Å². The van der Waals surface area contributed by atoms with Crippen LogP contribution in [0.4, 0.5) is 5.95 Å². The van der Waals surface area contributed by atoms with Crippen molar-refractivity contribution in [1.29, 1.82) is 5.26 Å². The molecule has 3 N–H and O–H groups in total. The first-order chi connectivity index (χ1) is 30.4. The first-order valence-electron chi connectivity index (χ1n) is 21.8. The Labute approximate surface area is 372 Å². The molecule has 3 aliphatic heterocycles. The van der Waals surface area contributed by atoms with Crippen LogP contribution in [-0.2, 0) is 35.2 Å². The second kappa shape index (κ2) is 18.9. The standard InChI is InChI=1S/C47H55ClN10O5/c1-5-62-43-31(25-49)23-33(24-38(43)48)47(2,3)32-9-11-37(12-10-32)63-29-35-15-18-51-45(53-35)52-20-19-50-34-16-21-57(22-17-34)36-27-56(28-36)26-30-7-6-8-39-42(30)55(4)46(61)58(39)40-13-14-41(59)54-44(40)60/h6-12,15,18,23-24,34,36,40,50H,5,13-14,16-17,19-22,26-29H2,1-4H3,(H,51,52,53)(H,54,59,60). The molecule has 5 heterocycles. The second-order valence-electron chi connectivity index (χ2n) is 17.2. The van der Waals surface area contributed by atoms with Gasteiger partial charge < -0.3 is 20.1 Å². The zero-order chi connectivity index (χ0) is 44.3. The number of benzene rings is 3. The molecule has 0 spiro atoms. The molecule has 0 saturated carbocycles. The quantitative estimate of drug-likeness (QED) is 0.0867. The Hall–Kier alpha value is -5.79. The van der Waals surface area contributed by atoms with Crippen molar-refractivity contribution in [3.05, 3.63) is 110 Å². The van der Waals surface area contributed by atoms with Gasteiger partial charge in [-0.15, -0.1) is 0 Å². The molecular weight excluding hydrogens is 820 g/mol. The first-order valence-corrected chi connectivity index (χ1v) is 22.2. The van der Waals surface area contributed by atoms with E-state index in [0.29, 0.717) is 60.5 Å². The van der Waals surface area contributed by atoms with E-state index < -0.39 is 17.4 Å². The van der Waals surface area contributed by atoms with Crippen molar-refractivity contribution in [2.45, 2.75) is 83.1 Å². The van der Waals surface area contributed by atoms with Crippen molar-refractivity contribution in [3.8, 4) is 17.6 Å². The number of aromatic nitrogens is 4. The fourth-order valence-electron chi connectivity index (χ4n) is 9.12. The monoisotopic (exact) mass is 874 g/mol. The predicted molar refractivity (Wildman–Crippen MR) is 241 cm³/mol. The van der Waals surface area contributed by atoms with Crippen molar-refractivity contribution < 1.29 is 19.1 Å². The highest BCUT2D eigenvalue weighted by atomic mass is 35.5. The molecule has 0 radical (unpaired) electrons. The van der Waals surface area contributed by atoms with E-state index in [1.807, 2.05) is 61.5 Å². The summed E-state index contributed by atoms with van der Waals surface area (Å²) in [5.41, 5.74) is 5.14. The van der Waals surface area contributed by atoms with Gasteiger partial charge in [0, 0.05) is 83.0 Å². The fourth-order valence-corrected chi connectivity index (χ4v) is 9.40. The number of nitriles is 1. The molecular formula is C47H55ClN10O5. The summed E-state index contributed by atoms with van der Waals surface area (Å²) in [4.78, 5) is 51.8. The predicted octanol–water partition coefficient (Wildman–Crippen LogP) is 5.29. The van der Waals surface area contributed by atoms with E-state index in [-0.39, 0.29) is 18.0 Å². The van der Waals surface area contributed by atoms with Crippen molar-refractivity contribution in [1.82, 2.24) is 39.5 Å². The number of aryl methyl sites for hydroxylation is 1. The second-order valence-corrected chi connectivity index (χ2v) is 17.6. The summed E-state index contributed by atoms with van der Waals surface area (Å²) in [5, 5.41) is 19.6. The minimum absolute atomic E-state index is 0.220. The molecule has 2 aromatic heterocycles. The van der Waals surface area contributed by atoms with Gasteiger partial charge in [-0.1, -0.05) is 49.7 Å². The van der Waals surface area contributed by atoms with Gasteiger partial charge in [-0.3, -0.25) is 33.8 Å². The van der Waals surface area contributed by atoms with Crippen LogP contribution in [0.25, 0.3) is 11.0 Å². The third-order valence-corrected chi connectivity index (χ3v) is 13.1. The average molecular weight is 875 g/mol. The highest BCUT2D eigenvalue weighted by Gasteiger charge is 2.35. The van der Waals surface area contributed by atoms with Crippen molar-refractivity contribution in [2.24, 2.45) is 7.05 Å². The van der Waals surface area contributed by atoms with E-state index in [1.165, 1.54) is 0 Å². The van der Waals surface area contributed by atoms with Crippen LogP contribution in [-0.4, -0.2) is 98.7 Å². The Morgan fingerprint density at radius 2 is 1.76 bits per heavy atom. The maximum atomic E-state index is 13.3. The Morgan fingerprint density at radius 3 is 2.49 bits per heavy atom. The Bertz CT molecular complexity index is 2570. The van der Waals surface area contributed by atoms with Crippen LogP contribution >= 0.6 is 11.6 Å². The van der Waals surface area contributed by atoms with Crippen LogP contribution in [0.1, 0.15) is 80.4 Å². The summed E-state index contributed by atoms with van der Waals surface area (Å²) in [5.74, 6) is 0.990. The van der Waals surface area contributed by atoms with Crippen molar-refractivity contribution in [3.63, 3.8) is 0 Å². The number of amides is 2. The summed E-state index contributed by atoms with van der Waals surface area (Å²) in [7, 11) is 1.76. The number of likely N-dealkylation sites (tertiary alicyclic amines) is 2. The van der Waals surface area contributed by atoms with E-state index >= 15 is 0 Å². The van der Waals surface area contributed by atoms with Gasteiger partial charge in [-0.25, -0.2) is 14.8 Å². The molecule has 3 fully saturated rings. The number of imidazole rings is 1. The SMILES string of the molecule is CCOc1c(Cl)cc(C(C)(C)c2ccc(OCc3ccnc(NCCNC4CCN(C5CN(Cc6cccc7c6n(C)c(=O)n7C6CCC(=O)NC6=O)C5)CC4)n3)cc2)cc1C#N. The lowest BCUT2D eigenvalue weighted by Gasteiger charge is -2.48. The number of anilines is 1. The van der Waals surface area contributed by atoms with Gasteiger partial charge in [0.2, 0.25) is 17.8 Å². The van der Waals surface area contributed by atoms with E-state index in [2.05, 4.69) is 61.7 Å². The third-order valence-electron chi connectivity index (χ3n) is 12.8. The molecule has 1 atom stereocenters. The number of rotatable bonds is 16. The zero-order valence-corrected chi connectivity index (χ0v) is 37.1. The van der Waals surface area contributed by atoms with Gasteiger partial charge in [0.25, 0.3) is 0 Å². The fraction of sp³-hybridized carbons (Fsp3) is 0.447. The molecule has 2 amide bonds. The van der Waals surface area contributed by atoms with Gasteiger partial charge >= 0.3 is 5.69 Å². The highest BCUT2D eigenvalue weighted by Crippen LogP contribution is 2.39. The van der Waals surface area contributed by atoms with Crippen LogP contribution in [0.3, 0.4) is 0 Å². The number of carbonyl (C=O) groups is 2. The summed E-state index contributed by atoms with van der Waals surface area (Å²) >= 11 is 6.53. The molecule has 330 valence electrons. The average Bonchev–Trinajstić information content (AvgIpc) is 3.52. The van der Waals surface area contributed by atoms with E-state index in [4.69, 9.17) is 21.1 Å². The number of fused-ring (bicyclic) bond motifs is 1. The lowest BCUT2D eigenvalue weighted by molar-refractivity contribution is -0.135. The molecule has 16 heteroatoms. The lowest BCUT2D eigenvalue weighted by Crippen LogP contribution is -2.61. The Balaban J connectivity index is 0.749. The highest BCUT2D eigenvalue weighted by molar-refractivity contribution is 6.32. The lowest BCUT2D eigenvalue weighted by atomic mass is 9.77. The van der Waals surface area contributed by atoms with Gasteiger partial charge in [-0.05, 0) is 79.3 Å². The molecule has 15 nitrogen and oxygen atoms in total. The largest absolute Gasteiger partial charge is 0.491 e. The topological polar surface area (TPSA) is 172 Å². The van der Waals surface area contributed by atoms with Crippen LogP contribution in [0.2, 0.25) is 5.02 Å². The first kappa shape index (κ1) is 43.8. The van der Waals surface area contributed by atoms with Crippen LogP contribution in [0.5, 0.6) is 11.5 Å². The number of hydrogen-bond acceptors (Lipinski definition) is 12. The summed E-state index contributed by atoms with van der Waals surface area (Å²) in [6, 6.07) is 21.9. The van der Waals surface area contributed by atoms with Crippen molar-refractivity contribution in [2.75, 3.05) is 51.2 Å². The van der Waals surface area contributed by atoms with Gasteiger partial charge in [-0.2, -0.15) is 5.26 Å². The number of hydrogen-bond donors (Lipinski definition) is 3. The number of imide groups is 1. The molecule has 8 rings (SSSR count). The summed E-state index contributed by atoms with van der Waals surface area (Å²) in [6.07, 6.45) is 4.46. The number of nitrogens with zero attached hydrogens (tertiary/aromatic N) is 7. The maximum absolute atomic E-state index is 13.3. The number of halogens is 1. The number of carbonyl (C=O) groups excluding carboxylic acids is 2. The van der Waals surface area contributed by atoms with Gasteiger partial charge in [0.05, 0.1) is 33.9 Å². The number of para-hydroxylation sites is 1. The number of ether oxygens (including phenoxy) is 2. The van der Waals surface area contributed by atoms with Gasteiger partial charge in [0.1, 0.15) is 24.5 Å².